The topological polar surface area (TPSA) is 26.0 Å². The zero-order chi connectivity index (χ0) is 13.1. The Bertz CT molecular complexity index is 407. The second-order valence-electron chi connectivity index (χ2n) is 5.63. The van der Waals surface area contributed by atoms with Crippen LogP contribution in [0.3, 0.4) is 0 Å². The molecule has 1 aliphatic rings. The fourth-order valence-electron chi connectivity index (χ4n) is 3.09. The van der Waals surface area contributed by atoms with Gasteiger partial charge >= 0.3 is 0 Å². The van der Waals surface area contributed by atoms with Crippen LogP contribution in [0, 0.1) is 23.6 Å². The van der Waals surface area contributed by atoms with Crippen molar-refractivity contribution in [3.05, 3.63) is 34.6 Å². The second kappa shape index (κ2) is 6.03. The van der Waals surface area contributed by atoms with E-state index in [1.807, 2.05) is 6.07 Å². The Hall–Kier alpha value is -0.600. The van der Waals surface area contributed by atoms with Crippen LogP contribution in [0.4, 0.5) is 4.39 Å². The summed E-state index contributed by atoms with van der Waals surface area (Å²) >= 11 is 5.71. The van der Waals surface area contributed by atoms with Crippen molar-refractivity contribution in [2.24, 2.45) is 23.5 Å². The highest BCUT2D eigenvalue weighted by molar-refractivity contribution is 6.30. The predicted octanol–water partition coefficient (Wildman–Crippen LogP) is 4.03. The van der Waals surface area contributed by atoms with Gasteiger partial charge in [-0.3, -0.25) is 0 Å². The molecule has 0 spiro atoms. The van der Waals surface area contributed by atoms with Gasteiger partial charge in [0.25, 0.3) is 0 Å². The van der Waals surface area contributed by atoms with E-state index in [2.05, 4.69) is 6.92 Å². The highest BCUT2D eigenvalue weighted by Gasteiger charge is 2.27. The monoisotopic (exact) mass is 269 g/mol. The van der Waals surface area contributed by atoms with E-state index in [-0.39, 0.29) is 10.8 Å². The Morgan fingerprint density at radius 1 is 1.33 bits per heavy atom. The third-order valence-electron chi connectivity index (χ3n) is 4.19. The van der Waals surface area contributed by atoms with Crippen molar-refractivity contribution >= 4 is 11.6 Å². The zero-order valence-corrected chi connectivity index (χ0v) is 11.6. The van der Waals surface area contributed by atoms with Gasteiger partial charge in [-0.05, 0) is 61.3 Å². The molecule has 0 radical (unpaired) electrons. The van der Waals surface area contributed by atoms with E-state index in [1.54, 1.807) is 12.1 Å². The molecule has 0 saturated heterocycles. The van der Waals surface area contributed by atoms with Crippen molar-refractivity contribution in [2.45, 2.75) is 32.6 Å². The predicted molar refractivity (Wildman–Crippen MR) is 74.2 cm³/mol. The molecule has 3 atom stereocenters. The van der Waals surface area contributed by atoms with Crippen LogP contribution in [0.5, 0.6) is 0 Å². The van der Waals surface area contributed by atoms with E-state index in [0.717, 1.165) is 24.4 Å². The van der Waals surface area contributed by atoms with E-state index < -0.39 is 0 Å². The largest absolute Gasteiger partial charge is 0.330 e. The van der Waals surface area contributed by atoms with Gasteiger partial charge in [0.05, 0.1) is 5.02 Å². The van der Waals surface area contributed by atoms with Crippen molar-refractivity contribution in [3.63, 3.8) is 0 Å². The van der Waals surface area contributed by atoms with Gasteiger partial charge in [0, 0.05) is 0 Å². The lowest BCUT2D eigenvalue weighted by Crippen LogP contribution is -2.31. The molecular formula is C15H21ClFN. The molecule has 1 saturated carbocycles. The van der Waals surface area contributed by atoms with Gasteiger partial charge in [-0.2, -0.15) is 0 Å². The lowest BCUT2D eigenvalue weighted by Gasteiger charge is -2.34. The van der Waals surface area contributed by atoms with Crippen molar-refractivity contribution in [1.82, 2.24) is 0 Å². The maximum Gasteiger partial charge on any atom is 0.142 e. The number of benzene rings is 1. The summed E-state index contributed by atoms with van der Waals surface area (Å²) in [5, 5.41) is 0.200. The Morgan fingerprint density at radius 2 is 2.11 bits per heavy atom. The van der Waals surface area contributed by atoms with Crippen molar-refractivity contribution < 1.29 is 4.39 Å². The molecule has 2 N–H and O–H groups in total. The van der Waals surface area contributed by atoms with E-state index in [4.69, 9.17) is 17.3 Å². The van der Waals surface area contributed by atoms with Crippen LogP contribution in [-0.2, 0) is 6.42 Å². The lowest BCUT2D eigenvalue weighted by molar-refractivity contribution is 0.193. The molecule has 3 unspecified atom stereocenters. The molecule has 0 heterocycles. The lowest BCUT2D eigenvalue weighted by atomic mass is 9.72. The molecule has 3 heteroatoms. The summed E-state index contributed by atoms with van der Waals surface area (Å²) in [5.41, 5.74) is 6.89. The molecule has 1 aromatic rings. The highest BCUT2D eigenvalue weighted by atomic mass is 35.5. The summed E-state index contributed by atoms with van der Waals surface area (Å²) in [4.78, 5) is 0. The van der Waals surface area contributed by atoms with Gasteiger partial charge in [0.2, 0.25) is 0 Å². The Morgan fingerprint density at radius 3 is 2.78 bits per heavy atom. The molecule has 18 heavy (non-hydrogen) atoms. The van der Waals surface area contributed by atoms with E-state index in [0.29, 0.717) is 11.8 Å². The smallest absolute Gasteiger partial charge is 0.142 e. The third-order valence-corrected chi connectivity index (χ3v) is 4.49. The van der Waals surface area contributed by atoms with Crippen LogP contribution in [0.2, 0.25) is 5.02 Å². The van der Waals surface area contributed by atoms with E-state index in [1.165, 1.54) is 19.3 Å². The van der Waals surface area contributed by atoms with Gasteiger partial charge in [-0.25, -0.2) is 4.39 Å². The van der Waals surface area contributed by atoms with E-state index in [9.17, 15) is 4.39 Å². The van der Waals surface area contributed by atoms with Crippen molar-refractivity contribution in [3.8, 4) is 0 Å². The molecule has 1 fully saturated rings. The first-order valence-corrected chi connectivity index (χ1v) is 7.12. The van der Waals surface area contributed by atoms with Gasteiger partial charge in [-0.1, -0.05) is 31.0 Å². The maximum absolute atomic E-state index is 13.4. The van der Waals surface area contributed by atoms with Crippen LogP contribution in [0.1, 0.15) is 31.7 Å². The molecule has 0 aromatic heterocycles. The number of hydrogen-bond acceptors (Lipinski definition) is 1. The highest BCUT2D eigenvalue weighted by Crippen LogP contribution is 2.35. The molecule has 0 bridgehead atoms. The third kappa shape index (κ3) is 3.24. The molecule has 1 aliphatic carbocycles. The Labute approximate surface area is 114 Å². The normalized spacial score (nSPS) is 28.3. The molecule has 2 rings (SSSR count). The molecule has 100 valence electrons. The average molecular weight is 270 g/mol. The second-order valence-corrected chi connectivity index (χ2v) is 6.03. The van der Waals surface area contributed by atoms with Gasteiger partial charge in [0.1, 0.15) is 5.82 Å². The fourth-order valence-corrected chi connectivity index (χ4v) is 3.21. The van der Waals surface area contributed by atoms with Gasteiger partial charge in [-0.15, -0.1) is 0 Å². The summed E-state index contributed by atoms with van der Waals surface area (Å²) < 4.78 is 13.4. The van der Waals surface area contributed by atoms with Crippen molar-refractivity contribution in [2.75, 3.05) is 6.54 Å². The summed E-state index contributed by atoms with van der Waals surface area (Å²) in [7, 11) is 0. The maximum atomic E-state index is 13.4. The standard InChI is InChI=1S/C15H21ClFN/c1-10-2-4-12(9-18)13(6-10)7-11-3-5-14(16)15(17)8-11/h3,5,8,10,12-13H,2,4,6-7,9,18H2,1H3. The van der Waals surface area contributed by atoms with Gasteiger partial charge in [0.15, 0.2) is 0 Å². The quantitative estimate of drug-likeness (QED) is 0.881. The summed E-state index contributed by atoms with van der Waals surface area (Å²) in [6, 6.07) is 5.14. The first-order chi connectivity index (χ1) is 8.60. The van der Waals surface area contributed by atoms with Crippen LogP contribution in [0.25, 0.3) is 0 Å². The Balaban J connectivity index is 2.08. The van der Waals surface area contributed by atoms with Crippen LogP contribution in [0.15, 0.2) is 18.2 Å². The first kappa shape index (κ1) is 13.8. The SMILES string of the molecule is CC1CCC(CN)C(Cc2ccc(Cl)c(F)c2)C1. The van der Waals surface area contributed by atoms with Crippen LogP contribution in [-0.4, -0.2) is 6.54 Å². The summed E-state index contributed by atoms with van der Waals surface area (Å²) in [6.45, 7) is 3.04. The Kier molecular flexibility index (Phi) is 4.63. The molecular weight excluding hydrogens is 249 g/mol. The summed E-state index contributed by atoms with van der Waals surface area (Å²) in [5.74, 6) is 1.61. The van der Waals surface area contributed by atoms with Crippen LogP contribution < -0.4 is 5.73 Å². The molecule has 1 nitrogen and oxygen atoms in total. The fraction of sp³-hybridized carbons (Fsp3) is 0.600. The number of hydrogen-bond donors (Lipinski definition) is 1. The molecule has 1 aromatic carbocycles. The minimum absolute atomic E-state index is 0.200. The minimum atomic E-state index is -0.317. The molecule has 0 aliphatic heterocycles. The minimum Gasteiger partial charge on any atom is -0.330 e. The number of nitrogens with two attached hydrogens (primary N) is 1. The van der Waals surface area contributed by atoms with E-state index >= 15 is 0 Å². The number of rotatable bonds is 3. The van der Waals surface area contributed by atoms with Crippen LogP contribution >= 0.6 is 11.6 Å². The summed E-state index contributed by atoms with van der Waals surface area (Å²) in [6.07, 6.45) is 4.60. The first-order valence-electron chi connectivity index (χ1n) is 6.74. The van der Waals surface area contributed by atoms with Gasteiger partial charge < -0.3 is 5.73 Å². The number of halogens is 2. The molecule has 0 amide bonds. The zero-order valence-electron chi connectivity index (χ0n) is 10.8. The van der Waals surface area contributed by atoms with Crippen molar-refractivity contribution in [1.29, 1.82) is 0 Å². The average Bonchev–Trinajstić information content (AvgIpc) is 2.34.